The van der Waals surface area contributed by atoms with Crippen molar-refractivity contribution < 1.29 is 13.2 Å². The second-order valence-corrected chi connectivity index (χ2v) is 9.31. The molecule has 1 saturated carbocycles. The van der Waals surface area contributed by atoms with Gasteiger partial charge in [-0.05, 0) is 37.5 Å². The van der Waals surface area contributed by atoms with Crippen LogP contribution in [0.2, 0.25) is 0 Å². The summed E-state index contributed by atoms with van der Waals surface area (Å²) in [6.07, 6.45) is 2.85. The highest BCUT2D eigenvalue weighted by molar-refractivity contribution is 7.91. The zero-order chi connectivity index (χ0) is 15.1. The summed E-state index contributed by atoms with van der Waals surface area (Å²) in [6, 6.07) is 0. The molecule has 1 aliphatic heterocycles. The summed E-state index contributed by atoms with van der Waals surface area (Å²) in [5.41, 5.74) is 1.25. The van der Waals surface area contributed by atoms with Crippen molar-refractivity contribution >= 4 is 15.7 Å². The average molecular weight is 299 g/mol. The maximum absolute atomic E-state index is 12.2. The van der Waals surface area contributed by atoms with Crippen LogP contribution in [0.5, 0.6) is 0 Å². The number of sulfone groups is 1. The molecule has 0 aromatic carbocycles. The zero-order valence-electron chi connectivity index (χ0n) is 12.8. The molecule has 2 rings (SSSR count). The highest BCUT2D eigenvalue weighted by atomic mass is 32.2. The average Bonchev–Trinajstić information content (AvgIpc) is 2.65. The maximum Gasteiger partial charge on any atom is 0.224 e. The molecule has 1 amide bonds. The first-order valence-electron chi connectivity index (χ1n) is 7.26. The molecule has 0 aromatic rings. The minimum Gasteiger partial charge on any atom is -0.356 e. The minimum absolute atomic E-state index is 0.0170. The Morgan fingerprint density at radius 1 is 1.35 bits per heavy atom. The van der Waals surface area contributed by atoms with Crippen LogP contribution in [0.3, 0.4) is 0 Å². The fraction of sp³-hybridized carbons (Fsp3) is 0.800. The molecular weight excluding hydrogens is 274 g/mol. The van der Waals surface area contributed by atoms with Gasteiger partial charge in [-0.25, -0.2) is 8.42 Å². The molecule has 114 valence electrons. The highest BCUT2D eigenvalue weighted by Crippen LogP contribution is 2.59. The Balaban J connectivity index is 1.86. The topological polar surface area (TPSA) is 63.2 Å². The second kappa shape index (κ2) is 5.17. The molecule has 0 unspecified atom stereocenters. The van der Waals surface area contributed by atoms with Crippen molar-refractivity contribution in [1.29, 1.82) is 0 Å². The predicted octanol–water partition coefficient (Wildman–Crippen LogP) is 1.78. The molecule has 4 nitrogen and oxygen atoms in total. The molecule has 0 spiro atoms. The van der Waals surface area contributed by atoms with Gasteiger partial charge in [0.2, 0.25) is 5.91 Å². The van der Waals surface area contributed by atoms with Crippen LogP contribution in [0.4, 0.5) is 0 Å². The van der Waals surface area contributed by atoms with Gasteiger partial charge in [-0.3, -0.25) is 4.79 Å². The van der Waals surface area contributed by atoms with Gasteiger partial charge >= 0.3 is 0 Å². The van der Waals surface area contributed by atoms with Gasteiger partial charge in [0.1, 0.15) is 0 Å². The molecule has 2 fully saturated rings. The van der Waals surface area contributed by atoms with Crippen LogP contribution >= 0.6 is 0 Å². The van der Waals surface area contributed by atoms with Crippen molar-refractivity contribution in [3.05, 3.63) is 11.6 Å². The molecular formula is C15H25NO3S. The van der Waals surface area contributed by atoms with E-state index in [0.29, 0.717) is 18.9 Å². The molecule has 2 aliphatic rings. The standard InChI is InChI=1S/C15H25NO3S/c1-10(2)7-12-13(15(12,3)4)14(17)16-8-11-5-6-20(18,19)9-11/h7,11-13H,5-6,8-9H2,1-4H3,(H,16,17)/t11-,12+,13+/m0/s1. The Bertz CT molecular complexity index is 529. The SMILES string of the molecule is CC(C)=C[C@@H]1[C@H](C(=O)NC[C@@H]2CCS(=O)(=O)C2)C1(C)C. The highest BCUT2D eigenvalue weighted by Gasteiger charge is 2.60. The largest absolute Gasteiger partial charge is 0.356 e. The van der Waals surface area contributed by atoms with Crippen LogP contribution in [0.1, 0.15) is 34.1 Å². The summed E-state index contributed by atoms with van der Waals surface area (Å²) >= 11 is 0. The third-order valence-corrected chi connectivity index (χ3v) is 6.43. The van der Waals surface area contributed by atoms with Crippen LogP contribution in [-0.2, 0) is 14.6 Å². The second-order valence-electron chi connectivity index (χ2n) is 7.08. The molecule has 5 heteroatoms. The van der Waals surface area contributed by atoms with Crippen molar-refractivity contribution in [3.8, 4) is 0 Å². The Labute approximate surface area is 121 Å². The Morgan fingerprint density at radius 2 is 2.00 bits per heavy atom. The lowest BCUT2D eigenvalue weighted by atomic mass is 10.1. The molecule has 0 aromatic heterocycles. The maximum atomic E-state index is 12.2. The first kappa shape index (κ1) is 15.5. The van der Waals surface area contributed by atoms with E-state index in [1.54, 1.807) is 0 Å². The van der Waals surface area contributed by atoms with E-state index in [9.17, 15) is 13.2 Å². The fourth-order valence-corrected chi connectivity index (χ4v) is 5.10. The van der Waals surface area contributed by atoms with Crippen molar-refractivity contribution in [3.63, 3.8) is 0 Å². The van der Waals surface area contributed by atoms with Gasteiger partial charge in [-0.2, -0.15) is 0 Å². The number of carbonyl (C=O) groups is 1. The summed E-state index contributed by atoms with van der Waals surface area (Å²) in [5, 5.41) is 2.95. The van der Waals surface area contributed by atoms with Gasteiger partial charge in [-0.1, -0.05) is 25.5 Å². The summed E-state index contributed by atoms with van der Waals surface area (Å²) in [4.78, 5) is 12.2. The van der Waals surface area contributed by atoms with E-state index >= 15 is 0 Å². The molecule has 0 bridgehead atoms. The van der Waals surface area contributed by atoms with Gasteiger partial charge in [-0.15, -0.1) is 0 Å². The fourth-order valence-electron chi connectivity index (χ4n) is 3.24. The van der Waals surface area contributed by atoms with Crippen LogP contribution in [0.25, 0.3) is 0 Å². The quantitative estimate of drug-likeness (QED) is 0.805. The van der Waals surface area contributed by atoms with E-state index in [-0.39, 0.29) is 34.7 Å². The van der Waals surface area contributed by atoms with Crippen LogP contribution in [0.15, 0.2) is 11.6 Å². The van der Waals surface area contributed by atoms with Crippen molar-refractivity contribution in [1.82, 2.24) is 5.32 Å². The van der Waals surface area contributed by atoms with E-state index in [1.807, 2.05) is 13.8 Å². The van der Waals surface area contributed by atoms with Crippen molar-refractivity contribution in [2.75, 3.05) is 18.1 Å². The molecule has 1 N–H and O–H groups in total. The lowest BCUT2D eigenvalue weighted by Gasteiger charge is -2.10. The van der Waals surface area contributed by atoms with Crippen molar-refractivity contribution in [2.45, 2.75) is 34.1 Å². The number of amides is 1. The first-order chi connectivity index (χ1) is 9.13. The molecule has 3 atom stereocenters. The number of carbonyl (C=O) groups excluding carboxylic acids is 1. The smallest absolute Gasteiger partial charge is 0.224 e. The predicted molar refractivity (Wildman–Crippen MR) is 80.0 cm³/mol. The summed E-state index contributed by atoms with van der Waals surface area (Å²) in [6.45, 7) is 8.81. The number of hydrogen-bond donors (Lipinski definition) is 1. The molecule has 0 radical (unpaired) electrons. The Kier molecular flexibility index (Phi) is 4.02. The van der Waals surface area contributed by atoms with E-state index in [2.05, 4.69) is 25.2 Å². The lowest BCUT2D eigenvalue weighted by Crippen LogP contribution is -2.32. The molecule has 1 heterocycles. The molecule has 1 aliphatic carbocycles. The lowest BCUT2D eigenvalue weighted by molar-refractivity contribution is -0.123. The molecule has 1 saturated heterocycles. The number of rotatable bonds is 4. The molecule has 20 heavy (non-hydrogen) atoms. The Morgan fingerprint density at radius 3 is 2.50 bits per heavy atom. The Hall–Kier alpha value is -0.840. The number of hydrogen-bond acceptors (Lipinski definition) is 3. The van der Waals surface area contributed by atoms with Crippen LogP contribution in [0, 0.1) is 23.2 Å². The number of allylic oxidation sites excluding steroid dienone is 2. The number of nitrogens with one attached hydrogen (secondary N) is 1. The van der Waals surface area contributed by atoms with Crippen molar-refractivity contribution in [2.24, 2.45) is 23.2 Å². The monoisotopic (exact) mass is 299 g/mol. The van der Waals surface area contributed by atoms with E-state index in [0.717, 1.165) is 0 Å². The summed E-state index contributed by atoms with van der Waals surface area (Å²) in [5.74, 6) is 0.978. The van der Waals surface area contributed by atoms with E-state index in [1.165, 1.54) is 5.57 Å². The third kappa shape index (κ3) is 3.25. The van der Waals surface area contributed by atoms with Gasteiger partial charge < -0.3 is 5.32 Å². The first-order valence-corrected chi connectivity index (χ1v) is 9.09. The van der Waals surface area contributed by atoms with Crippen LogP contribution in [-0.4, -0.2) is 32.4 Å². The van der Waals surface area contributed by atoms with Crippen LogP contribution < -0.4 is 5.32 Å². The van der Waals surface area contributed by atoms with Gasteiger partial charge in [0.15, 0.2) is 9.84 Å². The zero-order valence-corrected chi connectivity index (χ0v) is 13.6. The van der Waals surface area contributed by atoms with Gasteiger partial charge in [0.05, 0.1) is 17.4 Å². The normalized spacial score (nSPS) is 33.5. The van der Waals surface area contributed by atoms with E-state index < -0.39 is 9.84 Å². The van der Waals surface area contributed by atoms with Gasteiger partial charge in [0, 0.05) is 6.54 Å². The summed E-state index contributed by atoms with van der Waals surface area (Å²) < 4.78 is 22.8. The minimum atomic E-state index is -2.86. The van der Waals surface area contributed by atoms with Gasteiger partial charge in [0.25, 0.3) is 0 Å². The summed E-state index contributed by atoms with van der Waals surface area (Å²) in [7, 11) is -2.86. The van der Waals surface area contributed by atoms with E-state index in [4.69, 9.17) is 0 Å². The third-order valence-electron chi connectivity index (χ3n) is 4.60.